The lowest BCUT2D eigenvalue weighted by Gasteiger charge is -2.30. The molecule has 0 N–H and O–H groups in total. The first-order chi connectivity index (χ1) is 16.0. The molecular weight excluding hydrogens is 481 g/mol. The minimum atomic E-state index is -6.14. The van der Waals surface area contributed by atoms with Crippen molar-refractivity contribution in [2.45, 2.75) is 25.0 Å². The minimum absolute atomic E-state index is 0.0234. The summed E-state index contributed by atoms with van der Waals surface area (Å²) in [7, 11) is -3.71. The first-order valence-electron chi connectivity index (χ1n) is 9.93. The van der Waals surface area contributed by atoms with Crippen molar-refractivity contribution in [2.75, 3.05) is 20.8 Å². The number of benzene rings is 2. The zero-order valence-electron chi connectivity index (χ0n) is 18.3. The predicted molar refractivity (Wildman–Crippen MR) is 114 cm³/mol. The fraction of sp³-hybridized carbons (Fsp3) is 0.318. The molecule has 0 radical (unpaired) electrons. The van der Waals surface area contributed by atoms with E-state index in [0.717, 1.165) is 7.11 Å². The van der Waals surface area contributed by atoms with Gasteiger partial charge in [-0.3, -0.25) is 0 Å². The van der Waals surface area contributed by atoms with E-state index in [1.165, 1.54) is 49.6 Å². The molecule has 0 saturated carbocycles. The Morgan fingerprint density at radius 3 is 2.26 bits per heavy atom. The number of alkyl halides is 3. The van der Waals surface area contributed by atoms with E-state index < -0.39 is 39.0 Å². The number of methoxy groups -OCH3 is 2. The van der Waals surface area contributed by atoms with Crippen molar-refractivity contribution in [1.29, 1.82) is 0 Å². The smallest absolute Gasteiger partial charge is 0.497 e. The van der Waals surface area contributed by atoms with E-state index in [0.29, 0.717) is 24.3 Å². The molecule has 0 aromatic heterocycles. The van der Waals surface area contributed by atoms with Gasteiger partial charge in [0.15, 0.2) is 11.9 Å². The molecule has 3 rings (SSSR count). The van der Waals surface area contributed by atoms with Crippen LogP contribution in [-0.4, -0.2) is 40.7 Å². The normalized spacial score (nSPS) is 15.8. The highest BCUT2D eigenvalue weighted by atomic mass is 32.2. The third kappa shape index (κ3) is 5.06. The van der Waals surface area contributed by atoms with E-state index in [1.807, 2.05) is 6.92 Å². The largest absolute Gasteiger partial charge is 0.534 e. The lowest BCUT2D eigenvalue weighted by Crippen LogP contribution is -2.29. The van der Waals surface area contributed by atoms with Gasteiger partial charge in [-0.1, -0.05) is 19.1 Å². The summed E-state index contributed by atoms with van der Waals surface area (Å²) >= 11 is 0. The van der Waals surface area contributed by atoms with Gasteiger partial charge in [0.2, 0.25) is 0 Å². The van der Waals surface area contributed by atoms with Gasteiger partial charge in [-0.25, -0.2) is 4.79 Å². The van der Waals surface area contributed by atoms with Crippen molar-refractivity contribution in [2.24, 2.45) is 0 Å². The van der Waals surface area contributed by atoms with E-state index in [1.54, 1.807) is 0 Å². The van der Waals surface area contributed by atoms with Gasteiger partial charge < -0.3 is 23.1 Å². The van der Waals surface area contributed by atoms with Gasteiger partial charge in [-0.15, -0.1) is 0 Å². The first-order valence-corrected chi connectivity index (χ1v) is 11.3. The maximum absolute atomic E-state index is 13.2. The molecule has 0 bridgehead atoms. The van der Waals surface area contributed by atoms with Crippen LogP contribution in [-0.2, 0) is 23.8 Å². The highest BCUT2D eigenvalue weighted by Gasteiger charge is 2.51. The van der Waals surface area contributed by atoms with Crippen LogP contribution in [0.1, 0.15) is 30.6 Å². The second-order valence-electron chi connectivity index (χ2n) is 7.00. The van der Waals surface area contributed by atoms with E-state index in [9.17, 15) is 26.4 Å². The molecule has 1 aliphatic heterocycles. The Hall–Kier alpha value is -3.41. The Labute approximate surface area is 194 Å². The average Bonchev–Trinajstić information content (AvgIpc) is 2.81. The number of rotatable bonds is 8. The van der Waals surface area contributed by atoms with Gasteiger partial charge in [0.1, 0.15) is 22.8 Å². The molecule has 8 nitrogen and oxygen atoms in total. The van der Waals surface area contributed by atoms with Crippen molar-refractivity contribution in [3.05, 3.63) is 59.2 Å². The molecule has 1 atom stereocenters. The number of fused-ring (bicyclic) bond motifs is 1. The summed E-state index contributed by atoms with van der Waals surface area (Å²) in [5.74, 6) is -1.35. The summed E-state index contributed by atoms with van der Waals surface area (Å²) in [4.78, 5) is 12.7. The summed E-state index contributed by atoms with van der Waals surface area (Å²) in [5, 5.41) is 0. The molecule has 0 amide bonds. The Kier molecular flexibility index (Phi) is 7.29. The maximum Gasteiger partial charge on any atom is 0.534 e. The molecule has 12 heteroatoms. The SMILES string of the molecule is CCCOc1ccc2c(c1)C(OS(=O)(=O)C(F)(F)F)=C(C(=O)OC)C(c1ccc(OC)cc1)O2. The first kappa shape index (κ1) is 25.2. The predicted octanol–water partition coefficient (Wildman–Crippen LogP) is 4.37. The fourth-order valence-electron chi connectivity index (χ4n) is 3.12. The van der Waals surface area contributed by atoms with E-state index >= 15 is 0 Å². The summed E-state index contributed by atoms with van der Waals surface area (Å²) in [6, 6.07) is 10.2. The molecule has 0 aliphatic carbocycles. The van der Waals surface area contributed by atoms with Crippen LogP contribution in [0, 0.1) is 0 Å². The highest BCUT2D eigenvalue weighted by Crippen LogP contribution is 2.46. The van der Waals surface area contributed by atoms with Gasteiger partial charge in [0.05, 0.1) is 26.4 Å². The highest BCUT2D eigenvalue weighted by molar-refractivity contribution is 7.87. The van der Waals surface area contributed by atoms with E-state index in [-0.39, 0.29) is 17.1 Å². The number of esters is 1. The van der Waals surface area contributed by atoms with Crippen LogP contribution in [0.3, 0.4) is 0 Å². The van der Waals surface area contributed by atoms with Crippen molar-refractivity contribution in [1.82, 2.24) is 0 Å². The second-order valence-corrected chi connectivity index (χ2v) is 8.53. The molecule has 0 spiro atoms. The Balaban J connectivity index is 2.26. The molecule has 1 aliphatic rings. The zero-order chi connectivity index (χ0) is 25.1. The third-order valence-electron chi connectivity index (χ3n) is 4.72. The van der Waals surface area contributed by atoms with Crippen LogP contribution < -0.4 is 14.2 Å². The topological polar surface area (TPSA) is 97.4 Å². The van der Waals surface area contributed by atoms with Crippen LogP contribution >= 0.6 is 0 Å². The van der Waals surface area contributed by atoms with Crippen LogP contribution in [0.5, 0.6) is 17.2 Å². The van der Waals surface area contributed by atoms with Crippen LogP contribution in [0.2, 0.25) is 0 Å². The van der Waals surface area contributed by atoms with Crippen molar-refractivity contribution in [3.8, 4) is 17.2 Å². The number of halogens is 3. The van der Waals surface area contributed by atoms with Crippen LogP contribution in [0.15, 0.2) is 48.0 Å². The lowest BCUT2D eigenvalue weighted by molar-refractivity contribution is -0.137. The Morgan fingerprint density at radius 2 is 1.71 bits per heavy atom. The van der Waals surface area contributed by atoms with Gasteiger partial charge in [-0.05, 0) is 42.3 Å². The molecule has 2 aromatic carbocycles. The molecule has 2 aromatic rings. The van der Waals surface area contributed by atoms with Crippen LogP contribution in [0.4, 0.5) is 13.2 Å². The maximum atomic E-state index is 13.2. The monoisotopic (exact) mass is 502 g/mol. The number of carbonyl (C=O) groups excluding carboxylic acids is 1. The third-order valence-corrected chi connectivity index (χ3v) is 5.67. The van der Waals surface area contributed by atoms with Gasteiger partial charge in [0.25, 0.3) is 0 Å². The number of ether oxygens (including phenoxy) is 4. The quantitative estimate of drug-likeness (QED) is 0.298. The van der Waals surface area contributed by atoms with Gasteiger partial charge in [-0.2, -0.15) is 21.6 Å². The Morgan fingerprint density at radius 1 is 1.06 bits per heavy atom. The lowest BCUT2D eigenvalue weighted by atomic mass is 9.94. The molecule has 1 heterocycles. The molecule has 184 valence electrons. The Bertz CT molecular complexity index is 1190. The zero-order valence-corrected chi connectivity index (χ0v) is 19.2. The second kappa shape index (κ2) is 9.84. The molecular formula is C22H21F3O8S. The van der Waals surface area contributed by atoms with Crippen molar-refractivity contribution >= 4 is 21.8 Å². The van der Waals surface area contributed by atoms with Gasteiger partial charge >= 0.3 is 21.6 Å². The average molecular weight is 502 g/mol. The molecule has 0 saturated heterocycles. The number of hydrogen-bond donors (Lipinski definition) is 0. The summed E-state index contributed by atoms with van der Waals surface area (Å²) in [6.45, 7) is 2.14. The minimum Gasteiger partial charge on any atom is -0.497 e. The van der Waals surface area contributed by atoms with Gasteiger partial charge in [0, 0.05) is 0 Å². The number of hydrogen-bond acceptors (Lipinski definition) is 8. The van der Waals surface area contributed by atoms with E-state index in [2.05, 4.69) is 4.18 Å². The molecule has 1 unspecified atom stereocenters. The summed E-state index contributed by atoms with van der Waals surface area (Å²) in [5.41, 5.74) is -6.22. The van der Waals surface area contributed by atoms with Crippen molar-refractivity contribution in [3.63, 3.8) is 0 Å². The fourth-order valence-corrected chi connectivity index (χ4v) is 3.61. The molecule has 34 heavy (non-hydrogen) atoms. The summed E-state index contributed by atoms with van der Waals surface area (Å²) < 4.78 is 89.3. The van der Waals surface area contributed by atoms with Crippen molar-refractivity contribution < 1.29 is 49.5 Å². The number of carbonyl (C=O) groups is 1. The van der Waals surface area contributed by atoms with E-state index in [4.69, 9.17) is 18.9 Å². The summed E-state index contributed by atoms with van der Waals surface area (Å²) in [6.07, 6.45) is -0.700. The standard InChI is InChI=1S/C22H21F3O8S/c1-4-11-31-15-9-10-17-16(12-15)20(33-34(27,28)22(23,24)25)18(21(26)30-3)19(32-17)13-5-7-14(29-2)8-6-13/h5-10,12,19H,4,11H2,1-3H3. The molecule has 0 fully saturated rings. The van der Waals surface area contributed by atoms with Crippen LogP contribution in [0.25, 0.3) is 5.76 Å².